The van der Waals surface area contributed by atoms with Crippen LogP contribution in [-0.2, 0) is 6.42 Å². The Morgan fingerprint density at radius 2 is 1.60 bits per heavy atom. The summed E-state index contributed by atoms with van der Waals surface area (Å²) in [5.74, 6) is 1.32. The molecule has 4 rings (SSSR count). The van der Waals surface area contributed by atoms with Gasteiger partial charge in [-0.25, -0.2) is 9.97 Å². The molecule has 30 heavy (non-hydrogen) atoms. The molecule has 3 aromatic rings. The molecule has 0 radical (unpaired) electrons. The third kappa shape index (κ3) is 4.00. The van der Waals surface area contributed by atoms with Crippen LogP contribution in [0.1, 0.15) is 44.3 Å². The Labute approximate surface area is 174 Å². The number of anilines is 1. The molecule has 0 aliphatic heterocycles. The highest BCUT2D eigenvalue weighted by Crippen LogP contribution is 2.32. The van der Waals surface area contributed by atoms with Gasteiger partial charge in [-0.05, 0) is 54.3 Å². The zero-order chi connectivity index (χ0) is 21.1. The second kappa shape index (κ2) is 8.32. The summed E-state index contributed by atoms with van der Waals surface area (Å²) in [4.78, 5) is 33.7. The Hall–Kier alpha value is -3.74. The SMILES string of the molecule is COc1ccc(C(=O)Nc2ncc3c(n2)CC(c2ccc(OC)cc2)CC3=O)cc1. The van der Waals surface area contributed by atoms with Crippen molar-refractivity contribution in [3.05, 3.63) is 77.1 Å². The number of ether oxygens (including phenoxy) is 2. The number of aromatic nitrogens is 2. The van der Waals surface area contributed by atoms with Crippen molar-refractivity contribution in [1.29, 1.82) is 0 Å². The Bertz CT molecular complexity index is 1080. The van der Waals surface area contributed by atoms with Gasteiger partial charge in [-0.15, -0.1) is 0 Å². The number of hydrogen-bond acceptors (Lipinski definition) is 6. The molecule has 152 valence electrons. The van der Waals surface area contributed by atoms with Crippen LogP contribution in [0.3, 0.4) is 0 Å². The number of Topliss-reactive ketones (excluding diaryl/α,β-unsaturated/α-hetero) is 1. The fraction of sp³-hybridized carbons (Fsp3) is 0.217. The summed E-state index contributed by atoms with van der Waals surface area (Å²) in [5, 5.41) is 2.70. The maximum absolute atomic E-state index is 12.6. The summed E-state index contributed by atoms with van der Waals surface area (Å²) >= 11 is 0. The zero-order valence-corrected chi connectivity index (χ0v) is 16.7. The average molecular weight is 403 g/mol. The fourth-order valence-corrected chi connectivity index (χ4v) is 3.53. The Morgan fingerprint density at radius 3 is 2.23 bits per heavy atom. The van der Waals surface area contributed by atoms with Crippen LogP contribution in [-0.4, -0.2) is 35.9 Å². The molecule has 1 amide bonds. The smallest absolute Gasteiger partial charge is 0.258 e. The van der Waals surface area contributed by atoms with Crippen molar-refractivity contribution in [2.45, 2.75) is 18.8 Å². The zero-order valence-electron chi connectivity index (χ0n) is 16.7. The molecule has 0 saturated carbocycles. The van der Waals surface area contributed by atoms with E-state index in [9.17, 15) is 9.59 Å². The predicted octanol–water partition coefficient (Wildman–Crippen LogP) is 3.66. The number of amides is 1. The van der Waals surface area contributed by atoms with E-state index < -0.39 is 0 Å². The van der Waals surface area contributed by atoms with Crippen molar-refractivity contribution in [2.75, 3.05) is 19.5 Å². The van der Waals surface area contributed by atoms with Gasteiger partial charge >= 0.3 is 0 Å². The average Bonchev–Trinajstić information content (AvgIpc) is 2.79. The fourth-order valence-electron chi connectivity index (χ4n) is 3.53. The van der Waals surface area contributed by atoms with Crippen molar-refractivity contribution in [3.63, 3.8) is 0 Å². The molecular formula is C23H21N3O4. The van der Waals surface area contributed by atoms with Crippen molar-refractivity contribution in [2.24, 2.45) is 0 Å². The number of benzene rings is 2. The molecule has 1 unspecified atom stereocenters. The molecule has 1 heterocycles. The quantitative estimate of drug-likeness (QED) is 0.699. The van der Waals surface area contributed by atoms with E-state index in [2.05, 4.69) is 15.3 Å². The van der Waals surface area contributed by atoms with Gasteiger partial charge in [0.05, 0.1) is 25.5 Å². The normalized spacial score (nSPS) is 15.3. The molecule has 0 bridgehead atoms. The molecule has 2 aromatic carbocycles. The monoisotopic (exact) mass is 403 g/mol. The standard InChI is InChI=1S/C23H21N3O4/c1-29-17-7-3-14(4-8-17)16-11-20-19(21(27)12-16)13-24-23(25-20)26-22(28)15-5-9-18(30-2)10-6-15/h3-10,13,16H,11-12H2,1-2H3,(H,24,25,26,28). The van der Waals surface area contributed by atoms with Gasteiger partial charge in [-0.2, -0.15) is 0 Å². The summed E-state index contributed by atoms with van der Waals surface area (Å²) in [6, 6.07) is 14.4. The molecule has 7 nitrogen and oxygen atoms in total. The third-order valence-corrected chi connectivity index (χ3v) is 5.20. The molecule has 1 aliphatic rings. The minimum absolute atomic E-state index is 0.00472. The molecule has 1 atom stereocenters. The molecule has 1 N–H and O–H groups in total. The van der Waals surface area contributed by atoms with Crippen LogP contribution in [0, 0.1) is 0 Å². The molecule has 0 spiro atoms. The van der Waals surface area contributed by atoms with Gasteiger partial charge in [0.15, 0.2) is 5.78 Å². The van der Waals surface area contributed by atoms with E-state index in [0.29, 0.717) is 35.4 Å². The van der Waals surface area contributed by atoms with Crippen molar-refractivity contribution >= 4 is 17.6 Å². The van der Waals surface area contributed by atoms with E-state index in [1.54, 1.807) is 38.5 Å². The highest BCUT2D eigenvalue weighted by molar-refractivity contribution is 6.03. The van der Waals surface area contributed by atoms with Gasteiger partial charge in [0.2, 0.25) is 5.95 Å². The summed E-state index contributed by atoms with van der Waals surface area (Å²) in [5.41, 5.74) is 2.68. The van der Waals surface area contributed by atoms with Gasteiger partial charge in [0.25, 0.3) is 5.91 Å². The first kappa shape index (κ1) is 19.6. The number of carbonyl (C=O) groups is 2. The predicted molar refractivity (Wildman–Crippen MR) is 111 cm³/mol. The Balaban J connectivity index is 1.53. The number of rotatable bonds is 5. The lowest BCUT2D eigenvalue weighted by Gasteiger charge is -2.23. The minimum Gasteiger partial charge on any atom is -0.497 e. The van der Waals surface area contributed by atoms with Crippen LogP contribution >= 0.6 is 0 Å². The first-order valence-electron chi connectivity index (χ1n) is 9.56. The van der Waals surface area contributed by atoms with Crippen LogP contribution in [0.5, 0.6) is 11.5 Å². The van der Waals surface area contributed by atoms with E-state index in [4.69, 9.17) is 9.47 Å². The number of hydrogen-bond donors (Lipinski definition) is 1. The minimum atomic E-state index is -0.327. The van der Waals surface area contributed by atoms with Crippen LogP contribution in [0.4, 0.5) is 5.95 Å². The molecule has 0 fully saturated rings. The summed E-state index contributed by atoms with van der Waals surface area (Å²) in [6.45, 7) is 0. The largest absolute Gasteiger partial charge is 0.497 e. The number of nitrogens with one attached hydrogen (secondary N) is 1. The molecule has 1 aliphatic carbocycles. The lowest BCUT2D eigenvalue weighted by Crippen LogP contribution is -2.22. The van der Waals surface area contributed by atoms with Crippen LogP contribution in [0.25, 0.3) is 0 Å². The van der Waals surface area contributed by atoms with Crippen molar-refractivity contribution < 1.29 is 19.1 Å². The topological polar surface area (TPSA) is 90.4 Å². The number of fused-ring (bicyclic) bond motifs is 1. The van der Waals surface area contributed by atoms with E-state index in [0.717, 1.165) is 11.3 Å². The second-order valence-electron chi connectivity index (χ2n) is 7.04. The number of methoxy groups -OCH3 is 2. The van der Waals surface area contributed by atoms with Crippen molar-refractivity contribution in [3.8, 4) is 11.5 Å². The highest BCUT2D eigenvalue weighted by atomic mass is 16.5. The maximum Gasteiger partial charge on any atom is 0.258 e. The first-order chi connectivity index (χ1) is 14.6. The van der Waals surface area contributed by atoms with E-state index in [-0.39, 0.29) is 23.6 Å². The third-order valence-electron chi connectivity index (χ3n) is 5.20. The summed E-state index contributed by atoms with van der Waals surface area (Å²) in [7, 11) is 3.19. The molecule has 0 saturated heterocycles. The highest BCUT2D eigenvalue weighted by Gasteiger charge is 2.28. The van der Waals surface area contributed by atoms with Crippen molar-refractivity contribution in [1.82, 2.24) is 9.97 Å². The number of carbonyl (C=O) groups excluding carboxylic acids is 2. The maximum atomic E-state index is 12.6. The van der Waals surface area contributed by atoms with Gasteiger partial charge in [-0.3, -0.25) is 14.9 Å². The first-order valence-corrected chi connectivity index (χ1v) is 9.56. The lowest BCUT2D eigenvalue weighted by molar-refractivity contribution is 0.0962. The molecule has 7 heteroatoms. The van der Waals surface area contributed by atoms with Gasteiger partial charge in [0.1, 0.15) is 11.5 Å². The molecule has 1 aromatic heterocycles. The lowest BCUT2D eigenvalue weighted by atomic mass is 9.82. The molecular weight excluding hydrogens is 382 g/mol. The van der Waals surface area contributed by atoms with E-state index in [1.165, 1.54) is 6.20 Å². The summed E-state index contributed by atoms with van der Waals surface area (Å²) < 4.78 is 10.3. The van der Waals surface area contributed by atoms with Crippen LogP contribution in [0.15, 0.2) is 54.7 Å². The van der Waals surface area contributed by atoms with E-state index >= 15 is 0 Å². The number of nitrogens with zero attached hydrogens (tertiary/aromatic N) is 2. The number of ketones is 1. The summed E-state index contributed by atoms with van der Waals surface area (Å²) in [6.07, 6.45) is 2.50. The Morgan fingerprint density at radius 1 is 0.967 bits per heavy atom. The van der Waals surface area contributed by atoms with E-state index in [1.807, 2.05) is 24.3 Å². The van der Waals surface area contributed by atoms with Gasteiger partial charge < -0.3 is 9.47 Å². The van der Waals surface area contributed by atoms with Gasteiger partial charge in [0, 0.05) is 18.2 Å². The second-order valence-corrected chi connectivity index (χ2v) is 7.04. The van der Waals surface area contributed by atoms with Crippen LogP contribution in [0.2, 0.25) is 0 Å². The van der Waals surface area contributed by atoms with Gasteiger partial charge in [-0.1, -0.05) is 12.1 Å². The van der Waals surface area contributed by atoms with Crippen LogP contribution < -0.4 is 14.8 Å². The Kier molecular flexibility index (Phi) is 5.43.